The Kier molecular flexibility index (Phi) is 18.4. The highest BCUT2D eigenvalue weighted by atomic mass is 19.4. The smallest absolute Gasteiger partial charge is 0.416 e. The predicted molar refractivity (Wildman–Crippen MR) is 237 cm³/mol. The largest absolute Gasteiger partial charge is 0.461 e. The van der Waals surface area contributed by atoms with Gasteiger partial charge >= 0.3 is 24.3 Å². The molecule has 2 heterocycles. The van der Waals surface area contributed by atoms with Crippen molar-refractivity contribution in [1.82, 2.24) is 4.90 Å². The van der Waals surface area contributed by atoms with Gasteiger partial charge in [0.1, 0.15) is 23.9 Å². The molecular weight excluding hydrogens is 893 g/mol. The zero-order valence-corrected chi connectivity index (χ0v) is 40.2. The predicted octanol–water partition coefficient (Wildman–Crippen LogP) is 7.64. The lowest BCUT2D eigenvalue weighted by Gasteiger charge is -2.48. The third-order valence-electron chi connectivity index (χ3n) is 13.4. The van der Waals surface area contributed by atoms with Crippen LogP contribution in [0.2, 0.25) is 0 Å². The van der Waals surface area contributed by atoms with E-state index in [-0.39, 0.29) is 29.8 Å². The summed E-state index contributed by atoms with van der Waals surface area (Å²) in [5.74, 6) is -5.88. The van der Waals surface area contributed by atoms with Gasteiger partial charge in [0.15, 0.2) is 6.29 Å². The maximum atomic E-state index is 14.3. The lowest BCUT2D eigenvalue weighted by Crippen LogP contribution is -2.60. The van der Waals surface area contributed by atoms with E-state index in [2.05, 4.69) is 10.2 Å². The molecule has 67 heavy (non-hydrogen) atoms. The van der Waals surface area contributed by atoms with Crippen LogP contribution in [0.15, 0.2) is 58.7 Å². The Morgan fingerprint density at radius 3 is 1.97 bits per heavy atom. The van der Waals surface area contributed by atoms with Crippen LogP contribution in [0.4, 0.5) is 26.3 Å². The molecule has 2 fully saturated rings. The third kappa shape index (κ3) is 13.4. The summed E-state index contributed by atoms with van der Waals surface area (Å²) < 4.78 is 112. The Hall–Kier alpha value is -3.98. The lowest BCUT2D eigenvalue weighted by molar-refractivity contribution is -0.301. The minimum Gasteiger partial charge on any atom is -0.461 e. The van der Waals surface area contributed by atoms with Gasteiger partial charge in [0.25, 0.3) is 0 Å². The Bertz CT molecular complexity index is 2030. The van der Waals surface area contributed by atoms with Crippen molar-refractivity contribution in [3.05, 3.63) is 70.8 Å². The number of ether oxygens (including phenoxy) is 5. The number of aliphatic hydroxyl groups excluding tert-OH is 2. The first-order valence-corrected chi connectivity index (χ1v) is 22.4. The van der Waals surface area contributed by atoms with E-state index < -0.39 is 126 Å². The molecule has 2 aromatic carbocycles. The Morgan fingerprint density at radius 1 is 0.910 bits per heavy atom. The van der Waals surface area contributed by atoms with Crippen molar-refractivity contribution >= 4 is 23.4 Å². The average Bonchev–Trinajstić information content (AvgIpc) is 3.25. The van der Waals surface area contributed by atoms with Crippen LogP contribution in [-0.2, 0) is 52.0 Å². The molecule has 0 spiro atoms. The van der Waals surface area contributed by atoms with Crippen LogP contribution in [0.5, 0.6) is 0 Å². The van der Waals surface area contributed by atoms with Crippen LogP contribution >= 0.6 is 0 Å². The van der Waals surface area contributed by atoms with Crippen LogP contribution in [0.25, 0.3) is 0 Å². The van der Waals surface area contributed by atoms with Gasteiger partial charge < -0.3 is 43.9 Å². The molecule has 4 unspecified atom stereocenters. The zero-order valence-electron chi connectivity index (χ0n) is 40.2. The van der Waals surface area contributed by atoms with Gasteiger partial charge in [0.05, 0.1) is 53.1 Å². The molecule has 0 amide bonds. The summed E-state index contributed by atoms with van der Waals surface area (Å²) in [4.78, 5) is 30.0. The number of nitrogens with zero attached hydrogens (tertiary/aromatic N) is 3. The normalized spacial score (nSPS) is 35.0. The molecule has 4 rings (SSSR count). The lowest BCUT2D eigenvalue weighted by atomic mass is 9.73. The summed E-state index contributed by atoms with van der Waals surface area (Å²) in [6, 6.07) is 7.89. The van der Waals surface area contributed by atoms with Crippen molar-refractivity contribution < 1.29 is 74.9 Å². The number of esters is 2. The van der Waals surface area contributed by atoms with Crippen LogP contribution in [0, 0.1) is 23.7 Å². The van der Waals surface area contributed by atoms with E-state index in [1.165, 1.54) is 33.1 Å². The zero-order chi connectivity index (χ0) is 50.6. The summed E-state index contributed by atoms with van der Waals surface area (Å²) in [5.41, 5.74) is -4.39. The molecule has 2 aliphatic heterocycles. The molecule has 19 heteroatoms. The number of rotatable bonds is 10. The monoisotopic (exact) mass is 959 g/mol. The third-order valence-corrected chi connectivity index (χ3v) is 13.4. The van der Waals surface area contributed by atoms with E-state index >= 15 is 0 Å². The number of cyclic esters (lactones) is 1. The fourth-order valence-corrected chi connectivity index (χ4v) is 9.25. The highest BCUT2D eigenvalue weighted by Gasteiger charge is 2.53. The van der Waals surface area contributed by atoms with Gasteiger partial charge in [-0.3, -0.25) is 9.59 Å². The van der Waals surface area contributed by atoms with Gasteiger partial charge in [0, 0.05) is 30.7 Å². The van der Waals surface area contributed by atoms with Gasteiger partial charge in [-0.1, -0.05) is 52.0 Å². The van der Waals surface area contributed by atoms with Gasteiger partial charge in [0.2, 0.25) is 0 Å². The summed E-state index contributed by atoms with van der Waals surface area (Å²) in [5, 5.41) is 44.8. The first-order valence-electron chi connectivity index (χ1n) is 22.4. The number of alkyl halides is 6. The first kappa shape index (κ1) is 55.6. The minimum atomic E-state index is -4.61. The fraction of sp³-hybridized carbons (Fsp3) is 0.667. The second-order valence-corrected chi connectivity index (χ2v) is 18.8. The highest BCUT2D eigenvalue weighted by molar-refractivity contribution is 5.99. The topological polar surface area (TPSA) is 169 Å². The molecule has 2 aliphatic rings. The Morgan fingerprint density at radius 2 is 1.46 bits per heavy atom. The number of aliphatic hydroxyl groups is 3. The average molecular weight is 960 g/mol. The van der Waals surface area contributed by atoms with Gasteiger partial charge in [-0.2, -0.15) is 36.5 Å². The van der Waals surface area contributed by atoms with Crippen molar-refractivity contribution in [1.29, 1.82) is 0 Å². The van der Waals surface area contributed by atoms with Crippen molar-refractivity contribution in [3.8, 4) is 0 Å². The standard InChI is InChI=1S/C48H67F6N3O10/c1-13-36-46(9,62)41(60)27(4)38(56-55-30(7)32-16-20-34(21-17-32)48(52,53)54)25(2)24-45(8,63-12)42(67-44-39(59)35(57(10)11)22-26(3)64-44)28(5)40(29(6)43(61)65-36)66-37(58)23-31-14-18-33(19-15-31)47(49,50)51/h14-21,25-29,35-36,39-42,44,59-60,62H,13,22-24H2,1-12H3/b55-30+,56-38+/t25-,26?,27+,28+,29-,35?,36-,39?,40+,41-,42-,44?,45-,46-/m1/s1. The molecular formula is C48H67F6N3O10. The van der Waals surface area contributed by atoms with E-state index in [9.17, 15) is 51.3 Å². The molecule has 0 bridgehead atoms. The SMILES string of the molecule is CC[C@H]1OC(=O)[C@H](C)[C@@H](OC(=O)Cc2ccc(C(F)(F)F)cc2)[C@H](C)[C@@H](OC2OC(C)CC(N(C)C)C2O)[C@](C)(OC)C[C@@H](C)/C(=N\N=C(/C)c2ccc(C(F)(F)F)cc2)[C@H](C)[C@@H](O)[C@]1(C)O. The summed E-state index contributed by atoms with van der Waals surface area (Å²) in [6.45, 7) is 14.5. The molecule has 0 aromatic heterocycles. The first-order chi connectivity index (χ1) is 31.0. The van der Waals surface area contributed by atoms with E-state index in [4.69, 9.17) is 23.7 Å². The fourth-order valence-electron chi connectivity index (χ4n) is 9.25. The van der Waals surface area contributed by atoms with Gasteiger partial charge in [-0.25, -0.2) is 0 Å². The van der Waals surface area contributed by atoms with E-state index in [1.54, 1.807) is 55.6 Å². The molecule has 0 radical (unpaired) electrons. The molecule has 2 saturated heterocycles. The van der Waals surface area contributed by atoms with Crippen LogP contribution in [-0.4, -0.2) is 125 Å². The Balaban J connectivity index is 1.91. The summed E-state index contributed by atoms with van der Waals surface area (Å²) >= 11 is 0. The molecule has 2 aromatic rings. The number of carbonyl (C=O) groups is 2. The van der Waals surface area contributed by atoms with Gasteiger partial charge in [-0.15, -0.1) is 0 Å². The number of benzene rings is 2. The molecule has 3 N–H and O–H groups in total. The molecule has 13 nitrogen and oxygen atoms in total. The van der Waals surface area contributed by atoms with Crippen LogP contribution in [0.1, 0.15) is 104 Å². The number of likely N-dealkylation sites (N-methyl/N-ethyl adjacent to an activating group) is 1. The maximum absolute atomic E-state index is 14.3. The van der Waals surface area contributed by atoms with Crippen molar-refractivity contribution in [2.75, 3.05) is 21.2 Å². The van der Waals surface area contributed by atoms with E-state index in [0.717, 1.165) is 36.4 Å². The summed E-state index contributed by atoms with van der Waals surface area (Å²) in [6.07, 6.45) is -17.7. The molecule has 0 saturated carbocycles. The van der Waals surface area contributed by atoms with E-state index in [0.29, 0.717) is 12.0 Å². The van der Waals surface area contributed by atoms with Gasteiger partial charge in [-0.05, 0) is 109 Å². The minimum absolute atomic E-state index is 0.00310. The maximum Gasteiger partial charge on any atom is 0.416 e. The number of carbonyl (C=O) groups excluding carboxylic acids is 2. The summed E-state index contributed by atoms with van der Waals surface area (Å²) in [7, 11) is 5.00. The number of methoxy groups -OCH3 is 1. The van der Waals surface area contributed by atoms with Crippen LogP contribution in [0.3, 0.4) is 0 Å². The van der Waals surface area contributed by atoms with Crippen molar-refractivity contribution in [3.63, 3.8) is 0 Å². The second kappa shape index (κ2) is 22.2. The quantitative estimate of drug-likeness (QED) is 0.0927. The molecule has 14 atom stereocenters. The second-order valence-electron chi connectivity index (χ2n) is 18.8. The van der Waals surface area contributed by atoms with Crippen molar-refractivity contribution in [2.24, 2.45) is 33.9 Å². The number of hydrogen-bond acceptors (Lipinski definition) is 13. The number of halogens is 6. The molecule has 0 aliphatic carbocycles. The van der Waals surface area contributed by atoms with E-state index in [1.807, 2.05) is 11.8 Å². The van der Waals surface area contributed by atoms with Crippen molar-refractivity contribution in [2.45, 2.75) is 161 Å². The molecule has 376 valence electrons. The number of hydrogen-bond donors (Lipinski definition) is 3. The highest BCUT2D eigenvalue weighted by Crippen LogP contribution is 2.41. The van der Waals surface area contributed by atoms with Crippen LogP contribution < -0.4 is 0 Å². The Labute approximate surface area is 388 Å².